The first-order valence-corrected chi connectivity index (χ1v) is 7.28. The molecule has 1 aliphatic heterocycles. The van der Waals surface area contributed by atoms with Crippen LogP contribution >= 0.6 is 24.0 Å². The van der Waals surface area contributed by atoms with E-state index in [9.17, 15) is 0 Å². The zero-order valence-electron chi connectivity index (χ0n) is 12.6. The number of hydrogen-bond donors (Lipinski definition) is 1. The molecule has 0 atom stereocenters. The Balaban J connectivity index is 0.00000176. The van der Waals surface area contributed by atoms with Crippen LogP contribution in [0.15, 0.2) is 41.7 Å². The number of nitrogens with one attached hydrogen (secondary N) is 1. The largest absolute Gasteiger partial charge is 0.349 e. The van der Waals surface area contributed by atoms with E-state index in [1.165, 1.54) is 12.8 Å². The lowest BCUT2D eigenvalue weighted by Gasteiger charge is -2.20. The Labute approximate surface area is 147 Å². The van der Waals surface area contributed by atoms with Crippen molar-refractivity contribution in [2.75, 3.05) is 20.1 Å². The second-order valence-corrected chi connectivity index (χ2v) is 5.05. The van der Waals surface area contributed by atoms with Crippen molar-refractivity contribution in [2.45, 2.75) is 19.4 Å². The second kappa shape index (κ2) is 8.11. The smallest absolute Gasteiger partial charge is 0.194 e. The average Bonchev–Trinajstić information content (AvgIpc) is 3.20. The lowest BCUT2D eigenvalue weighted by atomic mass is 10.3. The van der Waals surface area contributed by atoms with Gasteiger partial charge < -0.3 is 10.2 Å². The molecule has 0 amide bonds. The number of likely N-dealkylation sites (tertiary alicyclic amines) is 1. The predicted molar refractivity (Wildman–Crippen MR) is 97.8 cm³/mol. The van der Waals surface area contributed by atoms with Crippen LogP contribution in [0.3, 0.4) is 0 Å². The van der Waals surface area contributed by atoms with Crippen LogP contribution in [-0.4, -0.2) is 45.8 Å². The molecule has 6 nitrogen and oxygen atoms in total. The molecule has 1 saturated heterocycles. The topological polar surface area (TPSA) is 58.3 Å². The van der Waals surface area contributed by atoms with Crippen molar-refractivity contribution in [3.8, 4) is 5.69 Å². The molecule has 3 rings (SSSR count). The molecule has 1 aromatic heterocycles. The second-order valence-electron chi connectivity index (χ2n) is 5.05. The van der Waals surface area contributed by atoms with Gasteiger partial charge in [-0.05, 0) is 25.0 Å². The van der Waals surface area contributed by atoms with Gasteiger partial charge in [0.2, 0.25) is 0 Å². The third-order valence-electron chi connectivity index (χ3n) is 3.67. The zero-order chi connectivity index (χ0) is 14.5. The minimum Gasteiger partial charge on any atom is -0.349 e. The first-order chi connectivity index (χ1) is 10.4. The molecular weight excluding hydrogens is 391 g/mol. The molecule has 0 radical (unpaired) electrons. The van der Waals surface area contributed by atoms with E-state index in [0.29, 0.717) is 6.54 Å². The first-order valence-electron chi connectivity index (χ1n) is 7.28. The molecule has 118 valence electrons. The van der Waals surface area contributed by atoms with Crippen LogP contribution in [0.2, 0.25) is 0 Å². The zero-order valence-corrected chi connectivity index (χ0v) is 15.0. The van der Waals surface area contributed by atoms with Crippen LogP contribution in [0.4, 0.5) is 0 Å². The predicted octanol–water partition coefficient (Wildman–Crippen LogP) is 2.06. The van der Waals surface area contributed by atoms with Crippen molar-refractivity contribution in [1.29, 1.82) is 0 Å². The number of benzene rings is 1. The minimum absolute atomic E-state index is 0. The lowest BCUT2D eigenvalue weighted by Crippen LogP contribution is -2.39. The van der Waals surface area contributed by atoms with Gasteiger partial charge in [-0.2, -0.15) is 0 Å². The minimum atomic E-state index is 0. The van der Waals surface area contributed by atoms with Crippen molar-refractivity contribution >= 4 is 29.9 Å². The van der Waals surface area contributed by atoms with Gasteiger partial charge in [-0.3, -0.25) is 9.56 Å². The molecular formula is C15H21IN6. The molecule has 1 aliphatic rings. The van der Waals surface area contributed by atoms with E-state index >= 15 is 0 Å². The third kappa shape index (κ3) is 3.76. The maximum atomic E-state index is 4.35. The molecule has 0 aliphatic carbocycles. The monoisotopic (exact) mass is 412 g/mol. The lowest BCUT2D eigenvalue weighted by molar-refractivity contribution is 0.491. The van der Waals surface area contributed by atoms with Gasteiger partial charge in [-0.15, -0.1) is 34.2 Å². The number of para-hydroxylation sites is 1. The van der Waals surface area contributed by atoms with E-state index in [4.69, 9.17) is 0 Å². The molecule has 2 aromatic rings. The number of hydrogen-bond acceptors (Lipinski definition) is 3. The highest BCUT2D eigenvalue weighted by molar-refractivity contribution is 14.0. The quantitative estimate of drug-likeness (QED) is 0.477. The van der Waals surface area contributed by atoms with E-state index in [1.54, 1.807) is 6.33 Å². The molecule has 0 unspecified atom stereocenters. The number of aromatic nitrogens is 3. The van der Waals surface area contributed by atoms with E-state index in [2.05, 4.69) is 25.4 Å². The van der Waals surface area contributed by atoms with Crippen molar-refractivity contribution in [3.05, 3.63) is 42.5 Å². The number of halogens is 1. The van der Waals surface area contributed by atoms with Crippen molar-refractivity contribution in [2.24, 2.45) is 4.99 Å². The molecule has 0 spiro atoms. The summed E-state index contributed by atoms with van der Waals surface area (Å²) in [7, 11) is 1.82. The van der Waals surface area contributed by atoms with Gasteiger partial charge in [0, 0.05) is 25.8 Å². The standard InChI is InChI=1S/C15H20N6.HI/c1-16-15(20-9-5-6-10-20)17-11-14-19-18-12-21(14)13-7-3-2-4-8-13;/h2-4,7-8,12H,5-6,9-11H2,1H3,(H,16,17);1H. The SMILES string of the molecule is CN=C(NCc1nncn1-c1ccccc1)N1CCCC1.I. The Morgan fingerprint density at radius 2 is 1.95 bits per heavy atom. The van der Waals surface area contributed by atoms with Gasteiger partial charge in [0.1, 0.15) is 6.33 Å². The highest BCUT2D eigenvalue weighted by Crippen LogP contribution is 2.10. The van der Waals surface area contributed by atoms with Gasteiger partial charge in [-0.25, -0.2) is 0 Å². The highest BCUT2D eigenvalue weighted by atomic mass is 127. The maximum absolute atomic E-state index is 4.35. The van der Waals surface area contributed by atoms with Crippen molar-refractivity contribution < 1.29 is 0 Å². The summed E-state index contributed by atoms with van der Waals surface area (Å²) >= 11 is 0. The summed E-state index contributed by atoms with van der Waals surface area (Å²) in [4.78, 5) is 6.63. The normalized spacial score (nSPS) is 14.8. The Bertz CT molecular complexity index is 604. The summed E-state index contributed by atoms with van der Waals surface area (Å²) in [5.41, 5.74) is 1.07. The fourth-order valence-electron chi connectivity index (χ4n) is 2.60. The maximum Gasteiger partial charge on any atom is 0.194 e. The summed E-state index contributed by atoms with van der Waals surface area (Å²) in [5.74, 6) is 1.82. The van der Waals surface area contributed by atoms with Gasteiger partial charge in [0.25, 0.3) is 0 Å². The number of aliphatic imine (C=N–C) groups is 1. The van der Waals surface area contributed by atoms with E-state index in [-0.39, 0.29) is 24.0 Å². The van der Waals surface area contributed by atoms with E-state index in [0.717, 1.165) is 30.6 Å². The molecule has 2 heterocycles. The average molecular weight is 412 g/mol. The summed E-state index contributed by atoms with van der Waals surface area (Å²) in [5, 5.41) is 11.6. The van der Waals surface area contributed by atoms with Gasteiger partial charge in [-0.1, -0.05) is 18.2 Å². The summed E-state index contributed by atoms with van der Waals surface area (Å²) < 4.78 is 1.99. The Morgan fingerprint density at radius 3 is 2.64 bits per heavy atom. The Morgan fingerprint density at radius 1 is 1.23 bits per heavy atom. The van der Waals surface area contributed by atoms with E-state index < -0.39 is 0 Å². The van der Waals surface area contributed by atoms with Crippen LogP contribution in [0.5, 0.6) is 0 Å². The van der Waals surface area contributed by atoms with Crippen molar-refractivity contribution in [1.82, 2.24) is 25.0 Å². The molecule has 0 bridgehead atoms. The Hall–Kier alpha value is -1.64. The molecule has 1 fully saturated rings. The summed E-state index contributed by atoms with van der Waals surface area (Å²) in [6.07, 6.45) is 4.22. The van der Waals surface area contributed by atoms with Crippen LogP contribution in [-0.2, 0) is 6.54 Å². The fourth-order valence-corrected chi connectivity index (χ4v) is 2.60. The van der Waals surface area contributed by atoms with Crippen molar-refractivity contribution in [3.63, 3.8) is 0 Å². The first kappa shape index (κ1) is 16.7. The highest BCUT2D eigenvalue weighted by Gasteiger charge is 2.16. The van der Waals surface area contributed by atoms with Gasteiger partial charge >= 0.3 is 0 Å². The molecule has 22 heavy (non-hydrogen) atoms. The Kier molecular flexibility index (Phi) is 6.17. The number of rotatable bonds is 3. The van der Waals surface area contributed by atoms with Crippen LogP contribution in [0, 0.1) is 0 Å². The van der Waals surface area contributed by atoms with Gasteiger partial charge in [0.05, 0.1) is 6.54 Å². The molecule has 1 aromatic carbocycles. The van der Waals surface area contributed by atoms with Crippen LogP contribution in [0.25, 0.3) is 5.69 Å². The summed E-state index contributed by atoms with van der Waals surface area (Å²) in [6, 6.07) is 10.1. The molecule has 7 heteroatoms. The molecule has 1 N–H and O–H groups in total. The number of nitrogens with zero attached hydrogens (tertiary/aromatic N) is 5. The number of guanidine groups is 1. The third-order valence-corrected chi connectivity index (χ3v) is 3.67. The summed E-state index contributed by atoms with van der Waals surface area (Å²) in [6.45, 7) is 2.76. The fraction of sp³-hybridized carbons (Fsp3) is 0.400. The van der Waals surface area contributed by atoms with E-state index in [1.807, 2.05) is 41.9 Å². The van der Waals surface area contributed by atoms with Gasteiger partial charge in [0.15, 0.2) is 11.8 Å². The van der Waals surface area contributed by atoms with Crippen LogP contribution < -0.4 is 5.32 Å². The van der Waals surface area contributed by atoms with Crippen LogP contribution in [0.1, 0.15) is 18.7 Å². The molecule has 0 saturated carbocycles.